The molecule has 0 spiro atoms. The summed E-state index contributed by atoms with van der Waals surface area (Å²) in [6.07, 6.45) is 3.25. The van der Waals surface area contributed by atoms with E-state index in [0.717, 1.165) is 11.1 Å². The molecule has 2 aromatic rings. The topological polar surface area (TPSA) is 46.5 Å². The van der Waals surface area contributed by atoms with Crippen LogP contribution >= 0.6 is 7.37 Å². The van der Waals surface area contributed by atoms with Crippen LogP contribution in [-0.2, 0) is 4.57 Å². The number of rotatable bonds is 1. The van der Waals surface area contributed by atoms with Crippen molar-refractivity contribution in [2.24, 2.45) is 0 Å². The highest BCUT2D eigenvalue weighted by Crippen LogP contribution is 2.59. The summed E-state index contributed by atoms with van der Waals surface area (Å²) < 4.78 is 19.5. The fourth-order valence-corrected chi connectivity index (χ4v) is 4.60. The number of aliphatic hydroxyl groups is 1. The van der Waals surface area contributed by atoms with E-state index in [2.05, 4.69) is 17.8 Å². The molecule has 0 aromatic heterocycles. The standard InChI is InChI=1S/C19H13O3P/c1-2-3-8-15(13-14-20)23(21)19-12-7-5-10-17(19)16-9-4-6-11-18(16)22-23/h4-12,20H,1H3/b15-8+. The van der Waals surface area contributed by atoms with Gasteiger partial charge in [-0.3, -0.25) is 4.57 Å². The van der Waals surface area contributed by atoms with Gasteiger partial charge in [0.25, 0.3) is 0 Å². The largest absolute Gasteiger partial charge is 0.462 e. The molecule has 1 aliphatic heterocycles. The molecule has 1 aliphatic rings. The molecule has 0 bridgehead atoms. The average molecular weight is 320 g/mol. The van der Waals surface area contributed by atoms with Gasteiger partial charge in [-0.25, -0.2) is 0 Å². The molecule has 1 atom stereocenters. The van der Waals surface area contributed by atoms with Crippen molar-refractivity contribution in [3.05, 3.63) is 59.9 Å². The second kappa shape index (κ2) is 6.09. The van der Waals surface area contributed by atoms with Crippen LogP contribution in [0, 0.1) is 23.9 Å². The van der Waals surface area contributed by atoms with Gasteiger partial charge in [0.05, 0.1) is 5.30 Å². The van der Waals surface area contributed by atoms with Crippen molar-refractivity contribution < 1.29 is 14.2 Å². The smallest absolute Gasteiger partial charge is 0.316 e. The van der Waals surface area contributed by atoms with Gasteiger partial charge in [0, 0.05) is 11.6 Å². The quantitative estimate of drug-likeness (QED) is 0.640. The normalized spacial score (nSPS) is 18.2. The first-order chi connectivity index (χ1) is 11.2. The van der Waals surface area contributed by atoms with E-state index in [1.54, 1.807) is 25.1 Å². The lowest BCUT2D eigenvalue weighted by Crippen LogP contribution is -2.18. The second-order valence-corrected chi connectivity index (χ2v) is 7.07. The van der Waals surface area contributed by atoms with Gasteiger partial charge in [0.15, 0.2) is 0 Å². The zero-order valence-electron chi connectivity index (χ0n) is 12.4. The highest BCUT2D eigenvalue weighted by atomic mass is 31.2. The Balaban J connectivity index is 2.30. The number of hydrogen-bond acceptors (Lipinski definition) is 3. The van der Waals surface area contributed by atoms with E-state index in [1.807, 2.05) is 36.4 Å². The van der Waals surface area contributed by atoms with E-state index < -0.39 is 7.37 Å². The van der Waals surface area contributed by atoms with Crippen LogP contribution in [0.5, 0.6) is 5.75 Å². The van der Waals surface area contributed by atoms with Crippen molar-refractivity contribution in [1.29, 1.82) is 0 Å². The van der Waals surface area contributed by atoms with Crippen LogP contribution < -0.4 is 9.83 Å². The monoisotopic (exact) mass is 320 g/mol. The van der Waals surface area contributed by atoms with Gasteiger partial charge < -0.3 is 9.63 Å². The molecule has 0 radical (unpaired) electrons. The summed E-state index contributed by atoms with van der Waals surface area (Å²) in [4.78, 5) is 0. The van der Waals surface area contributed by atoms with Crippen LogP contribution in [0.3, 0.4) is 0 Å². The molecule has 0 saturated carbocycles. The Bertz CT molecular complexity index is 965. The Labute approximate surface area is 135 Å². The minimum Gasteiger partial charge on any atom is -0.462 e. The van der Waals surface area contributed by atoms with Gasteiger partial charge in [-0.2, -0.15) is 0 Å². The van der Waals surface area contributed by atoms with Gasteiger partial charge >= 0.3 is 7.37 Å². The Hall–Kier alpha value is -2.87. The molecule has 0 fully saturated rings. The Morgan fingerprint density at radius 2 is 1.83 bits per heavy atom. The molecule has 1 unspecified atom stereocenters. The Morgan fingerprint density at radius 3 is 2.57 bits per heavy atom. The van der Waals surface area contributed by atoms with Crippen molar-refractivity contribution in [1.82, 2.24) is 0 Å². The van der Waals surface area contributed by atoms with Crippen molar-refractivity contribution in [3.8, 4) is 40.7 Å². The molecule has 0 saturated heterocycles. The third kappa shape index (κ3) is 2.53. The zero-order chi connectivity index (χ0) is 16.3. The first kappa shape index (κ1) is 15.0. The minimum absolute atomic E-state index is 0.177. The third-order valence-electron chi connectivity index (χ3n) is 3.48. The fourth-order valence-electron chi connectivity index (χ4n) is 2.49. The summed E-state index contributed by atoms with van der Waals surface area (Å²) >= 11 is 0. The maximum Gasteiger partial charge on any atom is 0.316 e. The first-order valence-corrected chi connectivity index (χ1v) is 8.60. The lowest BCUT2D eigenvalue weighted by atomic mass is 10.0. The van der Waals surface area contributed by atoms with E-state index in [0.29, 0.717) is 11.1 Å². The molecule has 2 aromatic carbocycles. The number of allylic oxidation sites excluding steroid dienone is 2. The molecule has 23 heavy (non-hydrogen) atoms. The Morgan fingerprint density at radius 1 is 1.13 bits per heavy atom. The maximum atomic E-state index is 13.6. The van der Waals surface area contributed by atoms with E-state index >= 15 is 0 Å². The van der Waals surface area contributed by atoms with Crippen LogP contribution in [0.4, 0.5) is 0 Å². The molecule has 112 valence electrons. The zero-order valence-corrected chi connectivity index (χ0v) is 13.3. The highest BCUT2D eigenvalue weighted by molar-refractivity contribution is 7.72. The van der Waals surface area contributed by atoms with Crippen molar-refractivity contribution in [3.63, 3.8) is 0 Å². The number of benzene rings is 2. The molecule has 4 heteroatoms. The van der Waals surface area contributed by atoms with Crippen LogP contribution in [-0.4, -0.2) is 5.11 Å². The van der Waals surface area contributed by atoms with Crippen LogP contribution in [0.25, 0.3) is 11.1 Å². The maximum absolute atomic E-state index is 13.6. The summed E-state index contributed by atoms with van der Waals surface area (Å²) in [5.41, 5.74) is 1.72. The lowest BCUT2D eigenvalue weighted by Gasteiger charge is -2.28. The summed E-state index contributed by atoms with van der Waals surface area (Å²) in [5, 5.41) is 9.74. The number of hydrogen-bond donors (Lipinski definition) is 1. The molecule has 3 rings (SSSR count). The van der Waals surface area contributed by atoms with Gasteiger partial charge in [-0.05, 0) is 30.5 Å². The van der Waals surface area contributed by atoms with E-state index in [9.17, 15) is 4.57 Å². The predicted octanol–water partition coefficient (Wildman–Crippen LogP) is 3.89. The van der Waals surface area contributed by atoms with Gasteiger partial charge in [-0.15, -0.1) is 5.92 Å². The van der Waals surface area contributed by atoms with Crippen LogP contribution in [0.2, 0.25) is 0 Å². The molecule has 1 heterocycles. The van der Waals surface area contributed by atoms with Crippen LogP contribution in [0.1, 0.15) is 6.92 Å². The minimum atomic E-state index is -3.47. The van der Waals surface area contributed by atoms with Gasteiger partial charge in [0.1, 0.15) is 17.2 Å². The third-order valence-corrected chi connectivity index (χ3v) is 5.83. The van der Waals surface area contributed by atoms with E-state index in [4.69, 9.17) is 9.63 Å². The SMILES string of the molecule is CC#C/C=C(\C#CO)P1(=O)Oc2ccccc2-c2ccccc21. The molecule has 0 amide bonds. The molecule has 3 nitrogen and oxygen atoms in total. The van der Waals surface area contributed by atoms with Crippen molar-refractivity contribution in [2.45, 2.75) is 6.92 Å². The van der Waals surface area contributed by atoms with E-state index in [1.165, 1.54) is 6.08 Å². The molecule has 0 aliphatic carbocycles. The van der Waals surface area contributed by atoms with Gasteiger partial charge in [-0.1, -0.05) is 42.3 Å². The number of aliphatic hydroxyl groups excluding tert-OH is 1. The fraction of sp³-hybridized carbons (Fsp3) is 0.0526. The van der Waals surface area contributed by atoms with E-state index in [-0.39, 0.29) is 5.31 Å². The summed E-state index contributed by atoms with van der Waals surface area (Å²) in [6.45, 7) is 1.67. The molecular weight excluding hydrogens is 307 g/mol. The van der Waals surface area contributed by atoms with Crippen molar-refractivity contribution >= 4 is 12.7 Å². The first-order valence-electron chi connectivity index (χ1n) is 6.97. The second-order valence-electron chi connectivity index (χ2n) is 4.82. The number of para-hydroxylation sites is 1. The number of fused-ring (bicyclic) bond motifs is 3. The van der Waals surface area contributed by atoms with Crippen molar-refractivity contribution in [2.75, 3.05) is 0 Å². The van der Waals surface area contributed by atoms with Gasteiger partial charge in [0.2, 0.25) is 0 Å². The van der Waals surface area contributed by atoms with Crippen LogP contribution in [0.15, 0.2) is 59.9 Å². The Kier molecular flexibility index (Phi) is 3.98. The highest BCUT2D eigenvalue weighted by Gasteiger charge is 2.38. The average Bonchev–Trinajstić information content (AvgIpc) is 2.59. The summed E-state index contributed by atoms with van der Waals surface area (Å²) in [5.74, 6) is 8.44. The predicted molar refractivity (Wildman–Crippen MR) is 91.0 cm³/mol. The molecular formula is C19H13O3P. The summed E-state index contributed by atoms with van der Waals surface area (Å²) in [7, 11) is -3.47. The summed E-state index contributed by atoms with van der Waals surface area (Å²) in [6, 6.07) is 14.8. The molecule has 1 N–H and O–H groups in total. The lowest BCUT2D eigenvalue weighted by molar-refractivity contribution is 0.498.